The van der Waals surface area contributed by atoms with E-state index < -0.39 is 0 Å². The van der Waals surface area contributed by atoms with Gasteiger partial charge in [0.15, 0.2) is 0 Å². The lowest BCUT2D eigenvalue weighted by Crippen LogP contribution is -2.34. The minimum atomic E-state index is -0.000947. The van der Waals surface area contributed by atoms with Crippen molar-refractivity contribution in [2.75, 3.05) is 13.2 Å². The van der Waals surface area contributed by atoms with Gasteiger partial charge in [-0.25, -0.2) is 0 Å². The maximum atomic E-state index is 12.9. The average Bonchev–Trinajstić information content (AvgIpc) is 3.42. The molecule has 1 N–H and O–H groups in total. The second kappa shape index (κ2) is 7.83. The Morgan fingerprint density at radius 3 is 2.40 bits per heavy atom. The largest absolute Gasteiger partial charge is 0.395 e. The summed E-state index contributed by atoms with van der Waals surface area (Å²) in [5, 5.41) is 9.34. The molecule has 0 bridgehead atoms. The summed E-state index contributed by atoms with van der Waals surface area (Å²) in [6.45, 7) is 5.33. The smallest absolute Gasteiger partial charge is 0.226 e. The molecule has 2 atom stereocenters. The first-order chi connectivity index (χ1) is 12.1. The van der Waals surface area contributed by atoms with E-state index >= 15 is 0 Å². The van der Waals surface area contributed by atoms with E-state index in [-0.39, 0.29) is 18.4 Å². The van der Waals surface area contributed by atoms with Gasteiger partial charge in [0.2, 0.25) is 5.91 Å². The number of aliphatic hydroxyl groups is 1. The second-order valence-electron chi connectivity index (χ2n) is 7.24. The van der Waals surface area contributed by atoms with E-state index in [0.717, 1.165) is 12.0 Å². The van der Waals surface area contributed by atoms with Gasteiger partial charge in [0.05, 0.1) is 6.61 Å². The first-order valence-electron chi connectivity index (χ1n) is 9.13. The number of hydrogen-bond donors (Lipinski definition) is 1. The Morgan fingerprint density at radius 2 is 1.80 bits per heavy atom. The van der Waals surface area contributed by atoms with Crippen LogP contribution in [-0.4, -0.2) is 29.1 Å². The Labute approximate surface area is 150 Å². The fourth-order valence-corrected chi connectivity index (χ4v) is 3.39. The molecule has 1 fully saturated rings. The number of hydrogen-bond acceptors (Lipinski definition) is 2. The fraction of sp³-hybridized carbons (Fsp3) is 0.409. The Hall–Kier alpha value is -2.13. The molecular weight excluding hydrogens is 310 g/mol. The highest BCUT2D eigenvalue weighted by molar-refractivity contribution is 5.83. The molecule has 0 spiro atoms. The molecule has 132 valence electrons. The standard InChI is InChI=1S/C22H27NO2/c1-16(2)18-8-10-19(11-9-18)20-14-21(20)22(25)23(12-13-24)15-17-6-4-3-5-7-17/h3-11,16,20-21,24H,12-15H2,1-2H3/t20-,21+/m0/s1. The van der Waals surface area contributed by atoms with Crippen molar-refractivity contribution < 1.29 is 9.90 Å². The van der Waals surface area contributed by atoms with Gasteiger partial charge in [-0.2, -0.15) is 0 Å². The maximum absolute atomic E-state index is 12.9. The van der Waals surface area contributed by atoms with Crippen LogP contribution in [0.15, 0.2) is 54.6 Å². The molecule has 1 aliphatic carbocycles. The summed E-state index contributed by atoms with van der Waals surface area (Å²) in [5.41, 5.74) is 3.69. The molecule has 1 amide bonds. The lowest BCUT2D eigenvalue weighted by molar-refractivity contribution is -0.133. The van der Waals surface area contributed by atoms with E-state index in [1.807, 2.05) is 30.3 Å². The highest BCUT2D eigenvalue weighted by atomic mass is 16.3. The molecule has 0 saturated heterocycles. The zero-order chi connectivity index (χ0) is 17.8. The molecule has 0 unspecified atom stereocenters. The maximum Gasteiger partial charge on any atom is 0.226 e. The van der Waals surface area contributed by atoms with Crippen LogP contribution in [0.1, 0.15) is 48.8 Å². The Kier molecular flexibility index (Phi) is 5.54. The van der Waals surface area contributed by atoms with Gasteiger partial charge in [0.25, 0.3) is 0 Å². The molecule has 2 aromatic carbocycles. The summed E-state index contributed by atoms with van der Waals surface area (Å²) in [5.74, 6) is 1.07. The predicted octanol–water partition coefficient (Wildman–Crippen LogP) is 3.93. The van der Waals surface area contributed by atoms with E-state index in [0.29, 0.717) is 24.9 Å². The van der Waals surface area contributed by atoms with Crippen molar-refractivity contribution in [3.8, 4) is 0 Å². The van der Waals surface area contributed by atoms with Gasteiger partial charge >= 0.3 is 0 Å². The summed E-state index contributed by atoms with van der Waals surface area (Å²) in [4.78, 5) is 14.7. The summed E-state index contributed by atoms with van der Waals surface area (Å²) < 4.78 is 0. The SMILES string of the molecule is CC(C)c1ccc([C@@H]2C[C@H]2C(=O)N(CCO)Cc2ccccc2)cc1. The van der Waals surface area contributed by atoms with Crippen LogP contribution in [0.5, 0.6) is 0 Å². The average molecular weight is 337 g/mol. The zero-order valence-electron chi connectivity index (χ0n) is 15.1. The number of rotatable bonds is 7. The molecule has 0 radical (unpaired) electrons. The lowest BCUT2D eigenvalue weighted by atomic mass is 10.00. The van der Waals surface area contributed by atoms with E-state index in [9.17, 15) is 9.90 Å². The monoisotopic (exact) mass is 337 g/mol. The molecule has 0 aliphatic heterocycles. The van der Waals surface area contributed by atoms with Crippen LogP contribution in [0.2, 0.25) is 0 Å². The normalized spacial score (nSPS) is 19.0. The molecule has 2 aromatic rings. The van der Waals surface area contributed by atoms with Crippen molar-refractivity contribution in [3.05, 3.63) is 71.3 Å². The van der Waals surface area contributed by atoms with Gasteiger partial charge in [-0.15, -0.1) is 0 Å². The number of aliphatic hydroxyl groups excluding tert-OH is 1. The molecule has 3 heteroatoms. The summed E-state index contributed by atoms with van der Waals surface area (Å²) in [6, 6.07) is 18.7. The minimum absolute atomic E-state index is 0.000947. The van der Waals surface area contributed by atoms with Crippen LogP contribution in [0.25, 0.3) is 0 Å². The van der Waals surface area contributed by atoms with Gasteiger partial charge in [-0.1, -0.05) is 68.4 Å². The second-order valence-corrected chi connectivity index (χ2v) is 7.24. The van der Waals surface area contributed by atoms with Gasteiger partial charge in [-0.05, 0) is 34.9 Å². The lowest BCUT2D eigenvalue weighted by Gasteiger charge is -2.22. The van der Waals surface area contributed by atoms with Crippen LogP contribution in [0.4, 0.5) is 0 Å². The van der Waals surface area contributed by atoms with E-state index in [1.165, 1.54) is 11.1 Å². The third kappa shape index (κ3) is 4.29. The third-order valence-corrected chi connectivity index (χ3v) is 5.04. The number of benzene rings is 2. The minimum Gasteiger partial charge on any atom is -0.395 e. The summed E-state index contributed by atoms with van der Waals surface area (Å²) in [7, 11) is 0. The first kappa shape index (κ1) is 17.7. The van der Waals surface area contributed by atoms with Gasteiger partial charge in [0, 0.05) is 19.0 Å². The Morgan fingerprint density at radius 1 is 1.12 bits per heavy atom. The van der Waals surface area contributed by atoms with Crippen molar-refractivity contribution >= 4 is 5.91 Å². The number of carbonyl (C=O) groups is 1. The van der Waals surface area contributed by atoms with Crippen molar-refractivity contribution in [2.24, 2.45) is 5.92 Å². The van der Waals surface area contributed by atoms with E-state index in [2.05, 4.69) is 38.1 Å². The fourth-order valence-electron chi connectivity index (χ4n) is 3.39. The van der Waals surface area contributed by atoms with Crippen LogP contribution in [-0.2, 0) is 11.3 Å². The molecule has 3 nitrogen and oxygen atoms in total. The third-order valence-electron chi connectivity index (χ3n) is 5.04. The highest BCUT2D eigenvalue weighted by Crippen LogP contribution is 2.48. The van der Waals surface area contributed by atoms with Gasteiger partial charge in [0.1, 0.15) is 0 Å². The highest BCUT2D eigenvalue weighted by Gasteiger charge is 2.45. The van der Waals surface area contributed by atoms with E-state index in [4.69, 9.17) is 0 Å². The number of nitrogens with zero attached hydrogens (tertiary/aromatic N) is 1. The molecule has 3 rings (SSSR count). The predicted molar refractivity (Wildman–Crippen MR) is 100 cm³/mol. The van der Waals surface area contributed by atoms with Crippen LogP contribution < -0.4 is 0 Å². The number of amides is 1. The van der Waals surface area contributed by atoms with Crippen molar-refractivity contribution in [1.29, 1.82) is 0 Å². The molecular formula is C22H27NO2. The Bertz CT molecular complexity index is 694. The van der Waals surface area contributed by atoms with Crippen molar-refractivity contribution in [2.45, 2.75) is 38.6 Å². The summed E-state index contributed by atoms with van der Waals surface area (Å²) in [6.07, 6.45) is 0.913. The van der Waals surface area contributed by atoms with E-state index in [1.54, 1.807) is 4.90 Å². The summed E-state index contributed by atoms with van der Waals surface area (Å²) >= 11 is 0. The van der Waals surface area contributed by atoms with Crippen LogP contribution in [0, 0.1) is 5.92 Å². The van der Waals surface area contributed by atoms with Crippen molar-refractivity contribution in [1.82, 2.24) is 4.90 Å². The molecule has 1 saturated carbocycles. The molecule has 0 heterocycles. The topological polar surface area (TPSA) is 40.5 Å². The quantitative estimate of drug-likeness (QED) is 0.831. The van der Waals surface area contributed by atoms with Gasteiger partial charge in [-0.3, -0.25) is 4.79 Å². The van der Waals surface area contributed by atoms with Crippen molar-refractivity contribution in [3.63, 3.8) is 0 Å². The Balaban J connectivity index is 1.65. The van der Waals surface area contributed by atoms with Crippen LogP contribution in [0.3, 0.4) is 0 Å². The van der Waals surface area contributed by atoms with Crippen LogP contribution >= 0.6 is 0 Å². The van der Waals surface area contributed by atoms with Gasteiger partial charge < -0.3 is 10.0 Å². The zero-order valence-corrected chi connectivity index (χ0v) is 15.1. The molecule has 0 aromatic heterocycles. The number of carbonyl (C=O) groups excluding carboxylic acids is 1. The molecule has 1 aliphatic rings. The molecule has 25 heavy (non-hydrogen) atoms. The first-order valence-corrected chi connectivity index (χ1v) is 9.13.